The zero-order valence-corrected chi connectivity index (χ0v) is 17.1. The first kappa shape index (κ1) is 21.2. The highest BCUT2D eigenvalue weighted by Crippen LogP contribution is 2.31. The molecule has 1 aliphatic heterocycles. The number of aromatic nitrogens is 2. The number of rotatable bonds is 9. The molecular formula is C20H35N5O3. The van der Waals surface area contributed by atoms with E-state index in [1.807, 2.05) is 0 Å². The molecule has 0 bridgehead atoms. The van der Waals surface area contributed by atoms with E-state index in [0.717, 1.165) is 44.9 Å². The van der Waals surface area contributed by atoms with Gasteiger partial charge in [-0.15, -0.1) is 0 Å². The van der Waals surface area contributed by atoms with Crippen LogP contribution in [-0.4, -0.2) is 64.3 Å². The molecule has 2 heterocycles. The van der Waals surface area contributed by atoms with E-state index in [9.17, 15) is 4.79 Å². The molecular weight excluding hydrogens is 358 g/mol. The molecule has 1 aromatic rings. The maximum absolute atomic E-state index is 11.8. The minimum Gasteiger partial charge on any atom is -0.339 e. The fourth-order valence-electron chi connectivity index (χ4n) is 4.41. The van der Waals surface area contributed by atoms with Crippen molar-refractivity contribution in [2.45, 2.75) is 70.3 Å². The number of hydrogen-bond acceptors (Lipinski definition) is 7. The summed E-state index contributed by atoms with van der Waals surface area (Å²) in [6.07, 6.45) is 9.98. The molecule has 2 fully saturated rings. The van der Waals surface area contributed by atoms with Gasteiger partial charge in [-0.25, -0.2) is 5.48 Å². The Morgan fingerprint density at radius 3 is 2.71 bits per heavy atom. The average molecular weight is 394 g/mol. The third-order valence-electron chi connectivity index (χ3n) is 6.24. The van der Waals surface area contributed by atoms with Crippen molar-refractivity contribution in [2.24, 2.45) is 5.92 Å². The van der Waals surface area contributed by atoms with Crippen molar-refractivity contribution in [3.8, 4) is 0 Å². The summed E-state index contributed by atoms with van der Waals surface area (Å²) in [5.41, 5.74) is 1.74. The Morgan fingerprint density at radius 1 is 1.25 bits per heavy atom. The summed E-state index contributed by atoms with van der Waals surface area (Å²) in [5.74, 6) is 1.49. The smallest absolute Gasteiger partial charge is 0.244 e. The number of amides is 1. The molecule has 1 amide bonds. The Labute approximate surface area is 167 Å². The molecule has 0 radical (unpaired) electrons. The van der Waals surface area contributed by atoms with Crippen LogP contribution < -0.4 is 5.48 Å². The first-order valence-electron chi connectivity index (χ1n) is 10.8. The fourth-order valence-corrected chi connectivity index (χ4v) is 4.41. The zero-order valence-electron chi connectivity index (χ0n) is 17.1. The number of carbonyl (C=O) groups is 1. The lowest BCUT2D eigenvalue weighted by atomic mass is 9.84. The van der Waals surface area contributed by atoms with Crippen LogP contribution in [0, 0.1) is 5.92 Å². The normalized spacial score (nSPS) is 20.9. The SMILES string of the molecule is CN1CCN(Cc2noc([C@@H](CCCC3CCCCC3)CC(=O)NO)n2)CC1. The molecule has 158 valence electrons. The van der Waals surface area contributed by atoms with Crippen molar-refractivity contribution < 1.29 is 14.5 Å². The van der Waals surface area contributed by atoms with Crippen LogP contribution in [0.5, 0.6) is 0 Å². The van der Waals surface area contributed by atoms with Gasteiger partial charge in [0.05, 0.1) is 6.54 Å². The number of hydroxylamine groups is 1. The van der Waals surface area contributed by atoms with Crippen molar-refractivity contribution >= 4 is 5.91 Å². The Morgan fingerprint density at radius 2 is 2.00 bits per heavy atom. The molecule has 2 aliphatic rings. The van der Waals surface area contributed by atoms with Crippen LogP contribution in [-0.2, 0) is 11.3 Å². The molecule has 3 rings (SSSR count). The quantitative estimate of drug-likeness (QED) is 0.492. The Kier molecular flexibility index (Phi) is 8.24. The standard InChI is InChI=1S/C20H35N5O3/c1-24-10-12-25(13-11-24)15-18-21-20(28-23-18)17(14-19(26)22-27)9-5-8-16-6-3-2-4-7-16/h16-17,27H,2-15H2,1H3,(H,22,26)/t17-/m0/s1. The van der Waals surface area contributed by atoms with Gasteiger partial charge in [-0.05, 0) is 19.4 Å². The van der Waals surface area contributed by atoms with Gasteiger partial charge in [0, 0.05) is 38.5 Å². The van der Waals surface area contributed by atoms with E-state index in [-0.39, 0.29) is 12.3 Å². The van der Waals surface area contributed by atoms with E-state index >= 15 is 0 Å². The number of carbonyl (C=O) groups excluding carboxylic acids is 1. The number of nitrogens with one attached hydrogen (secondary N) is 1. The predicted molar refractivity (Wildman–Crippen MR) is 105 cm³/mol. The molecule has 1 atom stereocenters. The average Bonchev–Trinajstić information content (AvgIpc) is 3.18. The highest BCUT2D eigenvalue weighted by atomic mass is 16.5. The Bertz CT molecular complexity index is 594. The van der Waals surface area contributed by atoms with Gasteiger partial charge in [-0.2, -0.15) is 4.98 Å². The molecule has 1 saturated heterocycles. The van der Waals surface area contributed by atoms with Gasteiger partial charge in [0.2, 0.25) is 11.8 Å². The molecule has 1 aromatic heterocycles. The summed E-state index contributed by atoms with van der Waals surface area (Å²) in [6.45, 7) is 4.77. The second-order valence-corrected chi connectivity index (χ2v) is 8.50. The Balaban J connectivity index is 1.53. The lowest BCUT2D eigenvalue weighted by Gasteiger charge is -2.31. The first-order valence-corrected chi connectivity index (χ1v) is 10.8. The zero-order chi connectivity index (χ0) is 19.8. The number of nitrogens with zero attached hydrogens (tertiary/aromatic N) is 4. The van der Waals surface area contributed by atoms with Crippen LogP contribution in [0.3, 0.4) is 0 Å². The van der Waals surface area contributed by atoms with Crippen LogP contribution >= 0.6 is 0 Å². The van der Waals surface area contributed by atoms with Crippen molar-refractivity contribution in [2.75, 3.05) is 33.2 Å². The van der Waals surface area contributed by atoms with Crippen molar-refractivity contribution in [1.29, 1.82) is 0 Å². The second kappa shape index (κ2) is 10.9. The van der Waals surface area contributed by atoms with E-state index in [4.69, 9.17) is 9.73 Å². The molecule has 0 spiro atoms. The van der Waals surface area contributed by atoms with Gasteiger partial charge in [0.25, 0.3) is 0 Å². The summed E-state index contributed by atoms with van der Waals surface area (Å²) in [6, 6.07) is 0. The molecule has 1 aliphatic carbocycles. The summed E-state index contributed by atoms with van der Waals surface area (Å²) in [5, 5.41) is 13.1. The highest BCUT2D eigenvalue weighted by Gasteiger charge is 2.24. The van der Waals surface area contributed by atoms with Gasteiger partial charge < -0.3 is 9.42 Å². The minimum atomic E-state index is -0.401. The Hall–Kier alpha value is -1.51. The van der Waals surface area contributed by atoms with E-state index < -0.39 is 5.91 Å². The maximum Gasteiger partial charge on any atom is 0.244 e. The van der Waals surface area contributed by atoms with Gasteiger partial charge in [0.15, 0.2) is 5.82 Å². The summed E-state index contributed by atoms with van der Waals surface area (Å²) >= 11 is 0. The molecule has 1 saturated carbocycles. The lowest BCUT2D eigenvalue weighted by molar-refractivity contribution is -0.129. The van der Waals surface area contributed by atoms with E-state index in [2.05, 4.69) is 27.0 Å². The number of hydrogen-bond donors (Lipinski definition) is 2. The van der Waals surface area contributed by atoms with Gasteiger partial charge in [-0.1, -0.05) is 50.1 Å². The molecule has 0 aromatic carbocycles. The molecule has 28 heavy (non-hydrogen) atoms. The summed E-state index contributed by atoms with van der Waals surface area (Å²) in [7, 11) is 2.13. The predicted octanol–water partition coefficient (Wildman–Crippen LogP) is 2.55. The minimum absolute atomic E-state index is 0.135. The molecule has 8 nitrogen and oxygen atoms in total. The third-order valence-corrected chi connectivity index (χ3v) is 6.24. The third kappa shape index (κ3) is 6.53. The summed E-state index contributed by atoms with van der Waals surface area (Å²) < 4.78 is 5.52. The largest absolute Gasteiger partial charge is 0.339 e. The van der Waals surface area contributed by atoms with E-state index in [0.29, 0.717) is 18.3 Å². The van der Waals surface area contributed by atoms with Crippen molar-refractivity contribution in [3.05, 3.63) is 11.7 Å². The molecule has 2 N–H and O–H groups in total. The molecule has 8 heteroatoms. The second-order valence-electron chi connectivity index (χ2n) is 8.50. The number of likely N-dealkylation sites (N-methyl/N-ethyl adjacent to an activating group) is 1. The highest BCUT2D eigenvalue weighted by molar-refractivity contribution is 5.75. The van der Waals surface area contributed by atoms with Gasteiger partial charge in [0.1, 0.15) is 0 Å². The topological polar surface area (TPSA) is 94.7 Å². The lowest BCUT2D eigenvalue weighted by Crippen LogP contribution is -2.44. The number of piperazine rings is 1. The van der Waals surface area contributed by atoms with E-state index in [1.54, 1.807) is 5.48 Å². The van der Waals surface area contributed by atoms with E-state index in [1.165, 1.54) is 38.5 Å². The van der Waals surface area contributed by atoms with Crippen LogP contribution in [0.25, 0.3) is 0 Å². The summed E-state index contributed by atoms with van der Waals surface area (Å²) in [4.78, 5) is 21.0. The monoisotopic (exact) mass is 393 g/mol. The fraction of sp³-hybridized carbons (Fsp3) is 0.850. The van der Waals surface area contributed by atoms with Crippen molar-refractivity contribution in [1.82, 2.24) is 25.4 Å². The van der Waals surface area contributed by atoms with Gasteiger partial charge >= 0.3 is 0 Å². The van der Waals surface area contributed by atoms with Crippen LogP contribution in [0.2, 0.25) is 0 Å². The molecule has 0 unspecified atom stereocenters. The first-order chi connectivity index (χ1) is 13.6. The van der Waals surface area contributed by atoms with Crippen molar-refractivity contribution in [3.63, 3.8) is 0 Å². The van der Waals surface area contributed by atoms with Crippen LogP contribution in [0.1, 0.15) is 75.4 Å². The maximum atomic E-state index is 11.8. The van der Waals surface area contributed by atoms with Crippen LogP contribution in [0.4, 0.5) is 0 Å². The van der Waals surface area contributed by atoms with Crippen LogP contribution in [0.15, 0.2) is 4.52 Å². The van der Waals surface area contributed by atoms with Gasteiger partial charge in [-0.3, -0.25) is 14.9 Å².